The molecule has 0 N–H and O–H groups in total. The van der Waals surface area contributed by atoms with E-state index in [0.29, 0.717) is 0 Å². The predicted molar refractivity (Wildman–Crippen MR) is 257 cm³/mol. The molecule has 0 bridgehead atoms. The highest BCUT2D eigenvalue weighted by molar-refractivity contribution is 6.12. The Labute approximate surface area is 360 Å². The van der Waals surface area contributed by atoms with Crippen LogP contribution in [0.3, 0.4) is 0 Å². The minimum atomic E-state index is -0.555. The van der Waals surface area contributed by atoms with Crippen molar-refractivity contribution in [1.29, 1.82) is 0 Å². The summed E-state index contributed by atoms with van der Waals surface area (Å²) in [6.07, 6.45) is 0. The number of nitrogens with zero attached hydrogens (tertiary/aromatic N) is 2. The highest BCUT2D eigenvalue weighted by Gasteiger charge is 2.52. The van der Waals surface area contributed by atoms with Gasteiger partial charge in [0.1, 0.15) is 11.2 Å². The summed E-state index contributed by atoms with van der Waals surface area (Å²) in [5.41, 5.74) is 18.2. The number of benzene rings is 10. The summed E-state index contributed by atoms with van der Waals surface area (Å²) >= 11 is 0. The average Bonchev–Trinajstić information content (AvgIpc) is 3.96. The number of furan rings is 1. The van der Waals surface area contributed by atoms with E-state index >= 15 is 0 Å². The van der Waals surface area contributed by atoms with Crippen molar-refractivity contribution in [1.82, 2.24) is 0 Å². The van der Waals surface area contributed by atoms with E-state index < -0.39 is 5.41 Å². The van der Waals surface area contributed by atoms with Crippen LogP contribution in [0.5, 0.6) is 0 Å². The second-order valence-corrected chi connectivity index (χ2v) is 16.4. The summed E-state index contributed by atoms with van der Waals surface area (Å²) in [6, 6.07) is 84.1. The number of hydrogen-bond donors (Lipinski definition) is 0. The number of hydrogen-bond acceptors (Lipinski definition) is 3. The Hall–Kier alpha value is -8.14. The molecule has 1 aromatic heterocycles. The lowest BCUT2D eigenvalue weighted by atomic mass is 9.70. The number of rotatable bonds is 6. The average molecular weight is 791 g/mol. The molecule has 0 saturated carbocycles. The van der Waals surface area contributed by atoms with Crippen LogP contribution in [0.4, 0.5) is 34.1 Å². The zero-order chi connectivity index (χ0) is 40.8. The van der Waals surface area contributed by atoms with Crippen molar-refractivity contribution >= 4 is 66.8 Å². The van der Waals surface area contributed by atoms with Gasteiger partial charge in [-0.2, -0.15) is 0 Å². The molecule has 62 heavy (non-hydrogen) atoms. The molecule has 13 rings (SSSR count). The van der Waals surface area contributed by atoms with Crippen LogP contribution >= 0.6 is 0 Å². The van der Waals surface area contributed by atoms with E-state index in [1.807, 2.05) is 12.1 Å². The van der Waals surface area contributed by atoms with Gasteiger partial charge in [0.05, 0.1) is 11.1 Å². The zero-order valence-electron chi connectivity index (χ0n) is 33.7. The third kappa shape index (κ3) is 4.88. The summed E-state index contributed by atoms with van der Waals surface area (Å²) in [5, 5.41) is 4.69. The quantitative estimate of drug-likeness (QED) is 0.167. The maximum atomic E-state index is 6.29. The molecule has 1 heterocycles. The first kappa shape index (κ1) is 34.7. The van der Waals surface area contributed by atoms with Gasteiger partial charge in [0.15, 0.2) is 0 Å². The molecule has 11 aromatic rings. The fourth-order valence-corrected chi connectivity index (χ4v) is 10.8. The van der Waals surface area contributed by atoms with Crippen molar-refractivity contribution in [3.05, 3.63) is 253 Å². The van der Waals surface area contributed by atoms with Crippen LogP contribution < -0.4 is 9.80 Å². The number of para-hydroxylation sites is 4. The lowest BCUT2D eigenvalue weighted by molar-refractivity contribution is 0.669. The molecule has 3 nitrogen and oxygen atoms in total. The van der Waals surface area contributed by atoms with Crippen molar-refractivity contribution in [2.45, 2.75) is 5.41 Å². The SMILES string of the molecule is c1ccc(N(c2ccc3c(c2)-c2ccccc2C32c3ccccc3-c3c2cc(N(c2ccccc2)c2ccccc2)c2ccccc32)c2ccc3oc4ccccc4c3c2)cc1. The van der Waals surface area contributed by atoms with Gasteiger partial charge in [0.2, 0.25) is 0 Å². The maximum absolute atomic E-state index is 6.29. The molecule has 2 aliphatic rings. The van der Waals surface area contributed by atoms with E-state index in [2.05, 4.69) is 228 Å². The standard InChI is InChI=1S/C59H38N2O/c1-4-18-39(19-5-1)60(43-33-35-57-50(37-43)46-26-14-17-31-56(46)62-57)42-32-34-53-49(36-42)44-24-12-15-29-51(44)59(53)52-30-16-13-28-48(52)58-47-27-11-10-25-45(47)55(38-54(58)59)61(40-20-6-2-7-21-40)41-22-8-3-9-23-41/h1-38H. The molecule has 0 radical (unpaired) electrons. The lowest BCUT2D eigenvalue weighted by Crippen LogP contribution is -2.26. The van der Waals surface area contributed by atoms with E-state index in [-0.39, 0.29) is 0 Å². The largest absolute Gasteiger partial charge is 0.456 e. The van der Waals surface area contributed by atoms with Crippen LogP contribution in [0.15, 0.2) is 235 Å². The first-order chi connectivity index (χ1) is 30.8. The van der Waals surface area contributed by atoms with Crippen LogP contribution in [0, 0.1) is 0 Å². The summed E-state index contributed by atoms with van der Waals surface area (Å²) in [5.74, 6) is 0. The Kier molecular flexibility index (Phi) is 7.52. The molecule has 0 fully saturated rings. The molecule has 0 aliphatic heterocycles. The molecule has 1 unspecified atom stereocenters. The van der Waals surface area contributed by atoms with E-state index in [1.165, 1.54) is 55.3 Å². The van der Waals surface area contributed by atoms with Gasteiger partial charge >= 0.3 is 0 Å². The molecule has 3 heteroatoms. The Bertz CT molecular complexity index is 3500. The predicted octanol–water partition coefficient (Wildman–Crippen LogP) is 16.0. The lowest BCUT2D eigenvalue weighted by Gasteiger charge is -2.33. The van der Waals surface area contributed by atoms with Crippen LogP contribution in [0.1, 0.15) is 22.3 Å². The maximum Gasteiger partial charge on any atom is 0.135 e. The van der Waals surface area contributed by atoms with Gasteiger partial charge in [-0.05, 0) is 129 Å². The molecular weight excluding hydrogens is 753 g/mol. The monoisotopic (exact) mass is 790 g/mol. The molecular formula is C59H38N2O. The van der Waals surface area contributed by atoms with Gasteiger partial charge in [-0.1, -0.05) is 152 Å². The fourth-order valence-electron chi connectivity index (χ4n) is 10.8. The summed E-state index contributed by atoms with van der Waals surface area (Å²) in [7, 11) is 0. The van der Waals surface area contributed by atoms with Crippen molar-refractivity contribution in [2.75, 3.05) is 9.80 Å². The van der Waals surface area contributed by atoms with Gasteiger partial charge in [0, 0.05) is 44.6 Å². The topological polar surface area (TPSA) is 19.6 Å². The minimum Gasteiger partial charge on any atom is -0.456 e. The Balaban J connectivity index is 1.08. The second kappa shape index (κ2) is 13.4. The smallest absolute Gasteiger partial charge is 0.135 e. The Morgan fingerprint density at radius 1 is 0.290 bits per heavy atom. The molecule has 10 aromatic carbocycles. The van der Waals surface area contributed by atoms with Crippen molar-refractivity contribution < 1.29 is 4.42 Å². The van der Waals surface area contributed by atoms with Crippen LogP contribution in [-0.2, 0) is 5.41 Å². The highest BCUT2D eigenvalue weighted by Crippen LogP contribution is 2.65. The molecule has 1 atom stereocenters. The summed E-state index contributed by atoms with van der Waals surface area (Å²) in [6.45, 7) is 0. The van der Waals surface area contributed by atoms with Crippen molar-refractivity contribution in [3.63, 3.8) is 0 Å². The summed E-state index contributed by atoms with van der Waals surface area (Å²) < 4.78 is 6.29. The fraction of sp³-hybridized carbons (Fsp3) is 0.0169. The summed E-state index contributed by atoms with van der Waals surface area (Å²) in [4.78, 5) is 4.82. The number of fused-ring (bicyclic) bond motifs is 15. The molecule has 290 valence electrons. The van der Waals surface area contributed by atoms with Gasteiger partial charge < -0.3 is 14.2 Å². The van der Waals surface area contributed by atoms with Crippen molar-refractivity contribution in [3.8, 4) is 22.3 Å². The van der Waals surface area contributed by atoms with Gasteiger partial charge in [0.25, 0.3) is 0 Å². The van der Waals surface area contributed by atoms with E-state index in [1.54, 1.807) is 0 Å². The van der Waals surface area contributed by atoms with Gasteiger partial charge in [-0.25, -0.2) is 0 Å². The molecule has 0 saturated heterocycles. The normalized spacial score (nSPS) is 14.5. The zero-order valence-corrected chi connectivity index (χ0v) is 33.7. The third-order valence-corrected chi connectivity index (χ3v) is 13.2. The second-order valence-electron chi connectivity index (χ2n) is 16.4. The van der Waals surface area contributed by atoms with Crippen LogP contribution in [0.2, 0.25) is 0 Å². The molecule has 1 spiro atoms. The Morgan fingerprint density at radius 3 is 1.50 bits per heavy atom. The van der Waals surface area contributed by atoms with E-state index in [9.17, 15) is 0 Å². The first-order valence-electron chi connectivity index (χ1n) is 21.3. The first-order valence-corrected chi connectivity index (χ1v) is 21.3. The molecule has 2 aliphatic carbocycles. The van der Waals surface area contributed by atoms with Crippen LogP contribution in [-0.4, -0.2) is 0 Å². The molecule has 0 amide bonds. The minimum absolute atomic E-state index is 0.555. The van der Waals surface area contributed by atoms with Gasteiger partial charge in [-0.3, -0.25) is 0 Å². The van der Waals surface area contributed by atoms with Crippen molar-refractivity contribution in [2.24, 2.45) is 0 Å². The Morgan fingerprint density at radius 2 is 0.790 bits per heavy atom. The van der Waals surface area contributed by atoms with E-state index in [0.717, 1.165) is 56.1 Å². The van der Waals surface area contributed by atoms with Crippen LogP contribution in [0.25, 0.3) is 55.0 Å². The third-order valence-electron chi connectivity index (χ3n) is 13.2. The number of anilines is 6. The van der Waals surface area contributed by atoms with Gasteiger partial charge in [-0.15, -0.1) is 0 Å². The van der Waals surface area contributed by atoms with E-state index in [4.69, 9.17) is 4.42 Å². The highest BCUT2D eigenvalue weighted by atomic mass is 16.3.